The predicted molar refractivity (Wildman–Crippen MR) is 105 cm³/mol. The third kappa shape index (κ3) is 2.74. The van der Waals surface area contributed by atoms with Gasteiger partial charge in [-0.15, -0.1) is 0 Å². The zero-order valence-electron chi connectivity index (χ0n) is 13.9. The smallest absolute Gasteiger partial charge is 0.0363 e. The lowest BCUT2D eigenvalue weighted by molar-refractivity contribution is 0.885. The standard InChI is InChI=1S/C23H21N/c1-24(20-11-3-2-4-12-20)16-15-23-21-13-7-5-9-18(21)17-19-10-6-8-14-22(19)23/h2-14,17H,15-16H2,1H3. The molecule has 0 fully saturated rings. The Kier molecular flexibility index (Phi) is 3.92. The molecule has 4 rings (SSSR count). The van der Waals surface area contributed by atoms with Crippen molar-refractivity contribution < 1.29 is 0 Å². The molecule has 0 aromatic heterocycles. The highest BCUT2D eigenvalue weighted by atomic mass is 15.1. The van der Waals surface area contributed by atoms with Gasteiger partial charge in [-0.25, -0.2) is 0 Å². The molecule has 118 valence electrons. The van der Waals surface area contributed by atoms with Crippen molar-refractivity contribution in [3.05, 3.63) is 90.5 Å². The van der Waals surface area contributed by atoms with Crippen LogP contribution >= 0.6 is 0 Å². The minimum Gasteiger partial charge on any atom is -0.374 e. The van der Waals surface area contributed by atoms with Crippen molar-refractivity contribution in [1.82, 2.24) is 0 Å². The summed E-state index contributed by atoms with van der Waals surface area (Å²) in [7, 11) is 2.17. The molecule has 0 bridgehead atoms. The number of hydrogen-bond donors (Lipinski definition) is 0. The van der Waals surface area contributed by atoms with Gasteiger partial charge in [0.25, 0.3) is 0 Å². The highest BCUT2D eigenvalue weighted by molar-refractivity contribution is 6.02. The fraction of sp³-hybridized carbons (Fsp3) is 0.130. The molecule has 1 heteroatoms. The van der Waals surface area contributed by atoms with E-state index in [4.69, 9.17) is 0 Å². The van der Waals surface area contributed by atoms with Gasteiger partial charge >= 0.3 is 0 Å². The van der Waals surface area contributed by atoms with E-state index in [1.807, 2.05) is 0 Å². The molecule has 0 heterocycles. The van der Waals surface area contributed by atoms with Crippen molar-refractivity contribution in [2.45, 2.75) is 6.42 Å². The van der Waals surface area contributed by atoms with Crippen LogP contribution in [0.4, 0.5) is 5.69 Å². The molecule has 1 nitrogen and oxygen atoms in total. The van der Waals surface area contributed by atoms with Crippen molar-refractivity contribution in [1.29, 1.82) is 0 Å². The first-order valence-corrected chi connectivity index (χ1v) is 8.48. The molecule has 0 radical (unpaired) electrons. The van der Waals surface area contributed by atoms with E-state index < -0.39 is 0 Å². The Balaban J connectivity index is 1.74. The lowest BCUT2D eigenvalue weighted by Gasteiger charge is -2.20. The maximum absolute atomic E-state index is 2.33. The minimum absolute atomic E-state index is 1.00. The normalized spacial score (nSPS) is 11.0. The molecule has 0 spiro atoms. The van der Waals surface area contributed by atoms with E-state index in [1.165, 1.54) is 32.8 Å². The Morgan fingerprint density at radius 1 is 0.667 bits per heavy atom. The van der Waals surface area contributed by atoms with Gasteiger partial charge in [-0.3, -0.25) is 0 Å². The number of likely N-dealkylation sites (N-methyl/N-ethyl adjacent to an activating group) is 1. The first-order chi connectivity index (χ1) is 11.8. The van der Waals surface area contributed by atoms with Crippen LogP contribution in [-0.4, -0.2) is 13.6 Å². The van der Waals surface area contributed by atoms with Crippen LogP contribution in [-0.2, 0) is 6.42 Å². The topological polar surface area (TPSA) is 3.24 Å². The van der Waals surface area contributed by atoms with Crippen LogP contribution in [0, 0.1) is 0 Å². The van der Waals surface area contributed by atoms with Crippen molar-refractivity contribution in [3.63, 3.8) is 0 Å². The maximum Gasteiger partial charge on any atom is 0.0363 e. The summed E-state index contributed by atoms with van der Waals surface area (Å²) in [5, 5.41) is 5.40. The van der Waals surface area contributed by atoms with Crippen LogP contribution in [0.25, 0.3) is 21.5 Å². The second-order valence-electron chi connectivity index (χ2n) is 6.30. The van der Waals surface area contributed by atoms with Crippen LogP contribution in [0.2, 0.25) is 0 Å². The Bertz CT molecular complexity index is 919. The van der Waals surface area contributed by atoms with Crippen LogP contribution in [0.3, 0.4) is 0 Å². The summed E-state index contributed by atoms with van der Waals surface area (Å²) in [6.45, 7) is 1.00. The van der Waals surface area contributed by atoms with E-state index in [1.54, 1.807) is 0 Å². The number of benzene rings is 4. The van der Waals surface area contributed by atoms with Crippen molar-refractivity contribution in [2.24, 2.45) is 0 Å². The molecule has 4 aromatic rings. The zero-order valence-corrected chi connectivity index (χ0v) is 13.9. The monoisotopic (exact) mass is 311 g/mol. The molecular weight excluding hydrogens is 290 g/mol. The highest BCUT2D eigenvalue weighted by Gasteiger charge is 2.08. The number of nitrogens with zero attached hydrogens (tertiary/aromatic N) is 1. The second-order valence-corrected chi connectivity index (χ2v) is 6.30. The lowest BCUT2D eigenvalue weighted by Crippen LogP contribution is -2.20. The summed E-state index contributed by atoms with van der Waals surface area (Å²) in [6, 6.07) is 30.3. The Morgan fingerprint density at radius 2 is 1.21 bits per heavy atom. The average molecular weight is 311 g/mol. The van der Waals surface area contributed by atoms with Crippen molar-refractivity contribution in [2.75, 3.05) is 18.5 Å². The SMILES string of the molecule is CN(CCc1c2ccccc2cc2ccccc12)c1ccccc1. The van der Waals surface area contributed by atoms with Crippen molar-refractivity contribution in [3.8, 4) is 0 Å². The van der Waals surface area contributed by atoms with Gasteiger partial charge in [0.2, 0.25) is 0 Å². The van der Waals surface area contributed by atoms with Crippen LogP contribution < -0.4 is 4.90 Å². The van der Waals surface area contributed by atoms with E-state index in [0.29, 0.717) is 0 Å². The van der Waals surface area contributed by atoms with E-state index >= 15 is 0 Å². The molecule has 0 aliphatic carbocycles. The summed E-state index contributed by atoms with van der Waals surface area (Å²) in [5.74, 6) is 0. The third-order valence-electron chi connectivity index (χ3n) is 4.78. The molecule has 0 unspecified atom stereocenters. The van der Waals surface area contributed by atoms with Crippen LogP contribution in [0.1, 0.15) is 5.56 Å². The quantitative estimate of drug-likeness (QED) is 0.439. The molecular formula is C23H21N. The summed E-state index contributed by atoms with van der Waals surface area (Å²) in [6.07, 6.45) is 1.03. The Labute approximate surface area is 143 Å². The first kappa shape index (κ1) is 14.8. The lowest BCUT2D eigenvalue weighted by atomic mass is 9.95. The largest absolute Gasteiger partial charge is 0.374 e. The number of fused-ring (bicyclic) bond motifs is 2. The average Bonchev–Trinajstić information content (AvgIpc) is 2.65. The summed E-state index contributed by atoms with van der Waals surface area (Å²) in [4.78, 5) is 2.33. The van der Waals surface area contributed by atoms with Gasteiger partial charge in [0, 0.05) is 19.3 Å². The van der Waals surface area contributed by atoms with Gasteiger partial charge in [0.1, 0.15) is 0 Å². The number of anilines is 1. The van der Waals surface area contributed by atoms with Crippen molar-refractivity contribution >= 4 is 27.2 Å². The summed E-state index contributed by atoms with van der Waals surface area (Å²) < 4.78 is 0. The minimum atomic E-state index is 1.00. The molecule has 0 atom stereocenters. The number of rotatable bonds is 4. The first-order valence-electron chi connectivity index (χ1n) is 8.48. The fourth-order valence-corrected chi connectivity index (χ4v) is 3.47. The van der Waals surface area contributed by atoms with Crippen LogP contribution in [0.15, 0.2) is 84.9 Å². The molecule has 0 saturated heterocycles. The number of para-hydroxylation sites is 1. The number of hydrogen-bond acceptors (Lipinski definition) is 1. The van der Waals surface area contributed by atoms with Gasteiger partial charge < -0.3 is 4.90 Å². The van der Waals surface area contributed by atoms with Gasteiger partial charge in [-0.1, -0.05) is 66.7 Å². The Hall–Kier alpha value is -2.80. The molecule has 0 aliphatic rings. The molecule has 0 amide bonds. The highest BCUT2D eigenvalue weighted by Crippen LogP contribution is 2.29. The predicted octanol–water partition coefficient (Wildman–Crippen LogP) is 5.67. The van der Waals surface area contributed by atoms with E-state index in [9.17, 15) is 0 Å². The van der Waals surface area contributed by atoms with E-state index in [2.05, 4.69) is 96.9 Å². The van der Waals surface area contributed by atoms with Gasteiger partial charge in [-0.2, -0.15) is 0 Å². The molecule has 0 saturated carbocycles. The molecule has 4 aromatic carbocycles. The second kappa shape index (κ2) is 6.37. The Morgan fingerprint density at radius 3 is 1.83 bits per heavy atom. The fourth-order valence-electron chi connectivity index (χ4n) is 3.47. The summed E-state index contributed by atoms with van der Waals surface area (Å²) in [5.41, 5.74) is 2.72. The van der Waals surface area contributed by atoms with Crippen LogP contribution in [0.5, 0.6) is 0 Å². The molecule has 0 N–H and O–H groups in total. The van der Waals surface area contributed by atoms with Gasteiger partial charge in [-0.05, 0) is 51.7 Å². The molecule has 24 heavy (non-hydrogen) atoms. The van der Waals surface area contributed by atoms with Gasteiger partial charge in [0.05, 0.1) is 0 Å². The third-order valence-corrected chi connectivity index (χ3v) is 4.78. The van der Waals surface area contributed by atoms with Gasteiger partial charge in [0.15, 0.2) is 0 Å². The van der Waals surface area contributed by atoms with E-state index in [-0.39, 0.29) is 0 Å². The molecule has 0 aliphatic heterocycles. The zero-order chi connectivity index (χ0) is 16.4. The van der Waals surface area contributed by atoms with E-state index in [0.717, 1.165) is 13.0 Å². The maximum atomic E-state index is 2.33. The summed E-state index contributed by atoms with van der Waals surface area (Å²) >= 11 is 0.